The van der Waals surface area contributed by atoms with Crippen LogP contribution in [0.3, 0.4) is 0 Å². The molecule has 0 aliphatic rings. The number of unbranched alkanes of at least 4 members (excludes halogenated alkanes) is 1. The van der Waals surface area contributed by atoms with Crippen molar-refractivity contribution in [1.82, 2.24) is 0 Å². The second-order valence-corrected chi connectivity index (χ2v) is 1.56. The first-order chi connectivity index (χ1) is 3.91. The van der Waals surface area contributed by atoms with E-state index in [0.29, 0.717) is 0 Å². The molecule has 0 spiro atoms. The van der Waals surface area contributed by atoms with E-state index < -0.39 is 0 Å². The molecule has 0 fully saturated rings. The first-order valence-corrected chi connectivity index (χ1v) is 2.86. The summed E-state index contributed by atoms with van der Waals surface area (Å²) >= 11 is 0. The third kappa shape index (κ3) is 11.6. The van der Waals surface area contributed by atoms with Gasteiger partial charge in [-0.1, -0.05) is 13.3 Å². The molecule has 2 nitrogen and oxygen atoms in total. The molecule has 0 saturated carbocycles. The molecular weight excluding hydrogens is 150 g/mol. The summed E-state index contributed by atoms with van der Waals surface area (Å²) in [6, 6.07) is 1.90. The Hall–Kier alpha value is 0.164. The van der Waals surface area contributed by atoms with Crippen molar-refractivity contribution in [3.05, 3.63) is 0 Å². The van der Waals surface area contributed by atoms with Gasteiger partial charge in [0.05, 0.1) is 6.07 Å². The maximum absolute atomic E-state index is 7.99. The molecular formula is C6H11NOTi. The van der Waals surface area contributed by atoms with Crippen molar-refractivity contribution in [2.45, 2.75) is 19.8 Å². The van der Waals surface area contributed by atoms with Crippen molar-refractivity contribution in [3.8, 4) is 6.07 Å². The average Bonchev–Trinajstić information content (AvgIpc) is 1.81. The summed E-state index contributed by atoms with van der Waals surface area (Å²) in [5.74, 6) is 0. The number of hydrogen-bond acceptors (Lipinski definition) is 2. The molecule has 0 aromatic heterocycles. The van der Waals surface area contributed by atoms with Crippen LogP contribution in [0.25, 0.3) is 0 Å². The number of hydrogen-bond donors (Lipinski definition) is 0. The van der Waals surface area contributed by atoms with Gasteiger partial charge in [-0.25, -0.2) is 0 Å². The predicted octanol–water partition coefficient (Wildman–Crippen LogP) is 1.32. The number of rotatable bonds is 4. The molecule has 0 amide bonds. The molecule has 0 bridgehead atoms. The molecule has 0 radical (unpaired) electrons. The second kappa shape index (κ2) is 11.0. The SMILES string of the molecule is CCCCOCC#N.[Ti]. The van der Waals surface area contributed by atoms with E-state index in [9.17, 15) is 0 Å². The maximum atomic E-state index is 7.99. The Balaban J connectivity index is 0. The van der Waals surface area contributed by atoms with Gasteiger partial charge < -0.3 is 4.74 Å². The van der Waals surface area contributed by atoms with Gasteiger partial charge in [0.15, 0.2) is 0 Å². The van der Waals surface area contributed by atoms with Crippen LogP contribution in [-0.2, 0) is 26.5 Å². The van der Waals surface area contributed by atoms with E-state index in [0.717, 1.165) is 19.4 Å². The Morgan fingerprint density at radius 2 is 2.22 bits per heavy atom. The zero-order chi connectivity index (χ0) is 6.24. The minimum atomic E-state index is 0. The molecule has 0 aromatic carbocycles. The summed E-state index contributed by atoms with van der Waals surface area (Å²) in [4.78, 5) is 0. The van der Waals surface area contributed by atoms with Gasteiger partial charge in [-0.05, 0) is 6.42 Å². The molecule has 0 aromatic rings. The van der Waals surface area contributed by atoms with Gasteiger partial charge in [-0.15, -0.1) is 0 Å². The van der Waals surface area contributed by atoms with Crippen LogP contribution < -0.4 is 0 Å². The summed E-state index contributed by atoms with van der Waals surface area (Å²) in [7, 11) is 0. The Morgan fingerprint density at radius 3 is 2.67 bits per heavy atom. The first kappa shape index (κ1) is 11.9. The minimum Gasteiger partial charge on any atom is -0.367 e. The van der Waals surface area contributed by atoms with Crippen molar-refractivity contribution >= 4 is 0 Å². The molecule has 0 aliphatic carbocycles. The Morgan fingerprint density at radius 1 is 1.56 bits per heavy atom. The van der Waals surface area contributed by atoms with Gasteiger partial charge in [-0.2, -0.15) is 5.26 Å². The Labute approximate surface area is 71.1 Å². The van der Waals surface area contributed by atoms with E-state index in [4.69, 9.17) is 10.00 Å². The molecule has 0 aliphatic heterocycles. The normalized spacial score (nSPS) is 7.56. The molecule has 9 heavy (non-hydrogen) atoms. The van der Waals surface area contributed by atoms with E-state index in [-0.39, 0.29) is 28.3 Å². The number of nitriles is 1. The third-order valence-corrected chi connectivity index (χ3v) is 0.809. The molecule has 3 heteroatoms. The summed E-state index contributed by atoms with van der Waals surface area (Å²) < 4.78 is 4.86. The number of nitrogens with zero attached hydrogens (tertiary/aromatic N) is 1. The number of ether oxygens (including phenoxy) is 1. The van der Waals surface area contributed by atoms with Gasteiger partial charge >= 0.3 is 0 Å². The van der Waals surface area contributed by atoms with Crippen LogP contribution in [0.1, 0.15) is 19.8 Å². The van der Waals surface area contributed by atoms with Crippen LogP contribution in [0.15, 0.2) is 0 Å². The Kier molecular flexibility index (Phi) is 14.6. The van der Waals surface area contributed by atoms with Crippen molar-refractivity contribution in [1.29, 1.82) is 5.26 Å². The molecule has 0 N–H and O–H groups in total. The molecule has 50 valence electrons. The van der Waals surface area contributed by atoms with Gasteiger partial charge in [0.1, 0.15) is 6.61 Å². The zero-order valence-electron chi connectivity index (χ0n) is 5.68. The zero-order valence-corrected chi connectivity index (χ0v) is 7.25. The fourth-order valence-electron chi connectivity index (χ4n) is 0.364. The minimum absolute atomic E-state index is 0. The van der Waals surface area contributed by atoms with Crippen LogP contribution in [0.5, 0.6) is 0 Å². The first-order valence-electron chi connectivity index (χ1n) is 2.86. The van der Waals surface area contributed by atoms with Crippen LogP contribution in [0.2, 0.25) is 0 Å². The summed E-state index contributed by atoms with van der Waals surface area (Å²) in [6.07, 6.45) is 2.19. The topological polar surface area (TPSA) is 33.0 Å². The van der Waals surface area contributed by atoms with E-state index in [1.807, 2.05) is 6.07 Å². The van der Waals surface area contributed by atoms with Crippen molar-refractivity contribution < 1.29 is 26.5 Å². The van der Waals surface area contributed by atoms with Gasteiger partial charge in [0.25, 0.3) is 0 Å². The monoisotopic (exact) mass is 161 g/mol. The molecule has 0 heterocycles. The summed E-state index contributed by atoms with van der Waals surface area (Å²) in [5, 5.41) is 7.99. The fourth-order valence-corrected chi connectivity index (χ4v) is 0.364. The predicted molar refractivity (Wildman–Crippen MR) is 31.3 cm³/mol. The van der Waals surface area contributed by atoms with Crippen molar-refractivity contribution in [2.24, 2.45) is 0 Å². The van der Waals surface area contributed by atoms with Gasteiger partial charge in [0.2, 0.25) is 0 Å². The quantitative estimate of drug-likeness (QED) is 0.460. The smallest absolute Gasteiger partial charge is 0.133 e. The van der Waals surface area contributed by atoms with E-state index in [1.54, 1.807) is 0 Å². The molecule has 0 rings (SSSR count). The van der Waals surface area contributed by atoms with Gasteiger partial charge in [-0.3, -0.25) is 0 Å². The van der Waals surface area contributed by atoms with Crippen LogP contribution >= 0.6 is 0 Å². The molecule has 0 unspecified atom stereocenters. The van der Waals surface area contributed by atoms with E-state index >= 15 is 0 Å². The van der Waals surface area contributed by atoms with Gasteiger partial charge in [0, 0.05) is 28.3 Å². The van der Waals surface area contributed by atoms with E-state index in [2.05, 4.69) is 6.92 Å². The summed E-state index contributed by atoms with van der Waals surface area (Å²) in [5.41, 5.74) is 0. The van der Waals surface area contributed by atoms with Crippen LogP contribution in [0, 0.1) is 11.3 Å². The maximum Gasteiger partial charge on any atom is 0.133 e. The van der Waals surface area contributed by atoms with Crippen LogP contribution in [-0.4, -0.2) is 13.2 Å². The van der Waals surface area contributed by atoms with Crippen molar-refractivity contribution in [2.75, 3.05) is 13.2 Å². The standard InChI is InChI=1S/C6H11NO.Ti/c1-2-3-5-8-6-4-7;/h2-3,5-6H2,1H3;. The van der Waals surface area contributed by atoms with Crippen molar-refractivity contribution in [3.63, 3.8) is 0 Å². The summed E-state index contributed by atoms with van der Waals surface area (Å²) in [6.45, 7) is 3.06. The Bertz CT molecular complexity index is 79.6. The fraction of sp³-hybridized carbons (Fsp3) is 0.833. The molecule has 0 atom stereocenters. The van der Waals surface area contributed by atoms with E-state index in [1.165, 1.54) is 0 Å². The average molecular weight is 161 g/mol. The third-order valence-electron chi connectivity index (χ3n) is 0.809. The molecule has 0 saturated heterocycles. The largest absolute Gasteiger partial charge is 0.367 e. The van der Waals surface area contributed by atoms with Crippen LogP contribution in [0.4, 0.5) is 0 Å². The second-order valence-electron chi connectivity index (χ2n) is 1.56.